The highest BCUT2D eigenvalue weighted by atomic mass is 19.1. The predicted octanol–water partition coefficient (Wildman–Crippen LogP) is -0.309. The molecule has 2 rings (SSSR count). The molecule has 3 N–H and O–H groups in total. The summed E-state index contributed by atoms with van der Waals surface area (Å²) in [4.78, 5) is 15.1. The quantitative estimate of drug-likeness (QED) is 0.760. The Labute approximate surface area is 96.8 Å². The second-order valence-electron chi connectivity index (χ2n) is 4.00. The van der Waals surface area contributed by atoms with Gasteiger partial charge in [0.05, 0.1) is 19.4 Å². The number of hydrogen-bond donors (Lipinski definition) is 2. The molecule has 0 radical (unpaired) electrons. The van der Waals surface area contributed by atoms with Gasteiger partial charge in [-0.25, -0.2) is 4.79 Å². The Bertz CT molecular complexity index is 439. The first kappa shape index (κ1) is 12.0. The minimum absolute atomic E-state index is 0.130. The third-order valence-electron chi connectivity index (χ3n) is 2.90. The van der Waals surface area contributed by atoms with E-state index in [2.05, 4.69) is 4.98 Å². The fourth-order valence-electron chi connectivity index (χ4n) is 1.96. The lowest BCUT2D eigenvalue weighted by molar-refractivity contribution is -0.0340. The number of aromatic nitrogens is 2. The Hall–Kier alpha value is -1.47. The summed E-state index contributed by atoms with van der Waals surface area (Å²) in [6, 6.07) is 1.47. The van der Waals surface area contributed by atoms with Crippen LogP contribution in [0.2, 0.25) is 0 Å². The number of aliphatic hydroxyl groups excluding tert-OH is 1. The first-order valence-corrected chi connectivity index (χ1v) is 5.32. The summed E-state index contributed by atoms with van der Waals surface area (Å²) in [5, 5.41) is 9.03. The minimum atomic E-state index is -0.589. The summed E-state index contributed by atoms with van der Waals surface area (Å²) >= 11 is 0. The summed E-state index contributed by atoms with van der Waals surface area (Å²) in [6.07, 6.45) is 0.639. The first-order chi connectivity index (χ1) is 8.15. The standard InChI is InChI=1S/C10H14FN3O3/c11-4-6-3-9(17-7(6)5-15)14-2-1-8(12)13-10(14)16/h1-2,6-7,9,15H,3-5H2,(H2,12,13,16)/t6-,7-,9+/m1/s1. The molecule has 0 unspecified atom stereocenters. The van der Waals surface area contributed by atoms with Crippen molar-refractivity contribution in [2.75, 3.05) is 19.0 Å². The Morgan fingerprint density at radius 1 is 1.71 bits per heavy atom. The van der Waals surface area contributed by atoms with Crippen molar-refractivity contribution in [2.45, 2.75) is 18.8 Å². The highest BCUT2D eigenvalue weighted by Crippen LogP contribution is 2.32. The van der Waals surface area contributed by atoms with Gasteiger partial charge in [-0.05, 0) is 6.07 Å². The Balaban J connectivity index is 2.22. The van der Waals surface area contributed by atoms with Crippen molar-refractivity contribution in [3.05, 3.63) is 22.7 Å². The van der Waals surface area contributed by atoms with E-state index in [1.165, 1.54) is 16.8 Å². The summed E-state index contributed by atoms with van der Waals surface area (Å²) in [6.45, 7) is -0.846. The van der Waals surface area contributed by atoms with Crippen LogP contribution in [0.25, 0.3) is 0 Å². The van der Waals surface area contributed by atoms with Crippen LogP contribution in [0, 0.1) is 5.92 Å². The summed E-state index contributed by atoms with van der Waals surface area (Å²) in [7, 11) is 0. The Morgan fingerprint density at radius 3 is 3.00 bits per heavy atom. The second kappa shape index (κ2) is 4.80. The van der Waals surface area contributed by atoms with Crippen LogP contribution in [0.4, 0.5) is 10.2 Å². The largest absolute Gasteiger partial charge is 0.394 e. The molecular weight excluding hydrogens is 229 g/mol. The van der Waals surface area contributed by atoms with Gasteiger partial charge in [-0.3, -0.25) is 8.96 Å². The number of rotatable bonds is 3. The highest BCUT2D eigenvalue weighted by molar-refractivity contribution is 5.23. The van der Waals surface area contributed by atoms with Crippen LogP contribution in [0.5, 0.6) is 0 Å². The molecule has 0 aromatic carbocycles. The van der Waals surface area contributed by atoms with E-state index >= 15 is 0 Å². The van der Waals surface area contributed by atoms with E-state index in [0.717, 1.165) is 0 Å². The van der Waals surface area contributed by atoms with Crippen molar-refractivity contribution >= 4 is 5.82 Å². The summed E-state index contributed by atoms with van der Waals surface area (Å²) < 4.78 is 19.3. The van der Waals surface area contributed by atoms with Crippen LogP contribution < -0.4 is 11.4 Å². The van der Waals surface area contributed by atoms with Gasteiger partial charge in [-0.2, -0.15) is 4.98 Å². The van der Waals surface area contributed by atoms with E-state index < -0.39 is 30.6 Å². The fraction of sp³-hybridized carbons (Fsp3) is 0.600. The molecule has 1 fully saturated rings. The number of aliphatic hydroxyl groups is 1. The maximum absolute atomic E-state index is 12.7. The zero-order valence-electron chi connectivity index (χ0n) is 9.12. The predicted molar refractivity (Wildman–Crippen MR) is 58.0 cm³/mol. The lowest BCUT2D eigenvalue weighted by Crippen LogP contribution is -2.27. The molecule has 2 heterocycles. The molecule has 1 aliphatic heterocycles. The van der Waals surface area contributed by atoms with Gasteiger partial charge in [0.2, 0.25) is 0 Å². The summed E-state index contributed by atoms with van der Waals surface area (Å²) in [5.74, 6) is -0.264. The van der Waals surface area contributed by atoms with Crippen molar-refractivity contribution in [2.24, 2.45) is 5.92 Å². The van der Waals surface area contributed by atoms with Crippen LogP contribution in [0.3, 0.4) is 0 Å². The topological polar surface area (TPSA) is 90.4 Å². The Morgan fingerprint density at radius 2 is 2.47 bits per heavy atom. The molecule has 3 atom stereocenters. The SMILES string of the molecule is Nc1ccn([C@@H]2C[C@H](CF)[C@@H](CO)O2)c(=O)n1. The van der Waals surface area contributed by atoms with Gasteiger partial charge in [0.15, 0.2) is 0 Å². The van der Waals surface area contributed by atoms with Crippen LogP contribution in [-0.4, -0.2) is 34.0 Å². The number of nitrogen functional groups attached to an aromatic ring is 1. The number of anilines is 1. The van der Waals surface area contributed by atoms with Crippen molar-refractivity contribution in [3.63, 3.8) is 0 Å². The molecule has 1 aromatic heterocycles. The van der Waals surface area contributed by atoms with Crippen LogP contribution >= 0.6 is 0 Å². The van der Waals surface area contributed by atoms with Crippen molar-refractivity contribution < 1.29 is 14.2 Å². The zero-order valence-corrected chi connectivity index (χ0v) is 9.12. The van der Waals surface area contributed by atoms with Crippen LogP contribution in [0.1, 0.15) is 12.6 Å². The second-order valence-corrected chi connectivity index (χ2v) is 4.00. The minimum Gasteiger partial charge on any atom is -0.394 e. The van der Waals surface area contributed by atoms with E-state index in [4.69, 9.17) is 15.6 Å². The molecule has 0 saturated carbocycles. The third-order valence-corrected chi connectivity index (χ3v) is 2.90. The molecule has 94 valence electrons. The maximum atomic E-state index is 12.7. The number of nitrogens with two attached hydrogens (primary N) is 1. The van der Waals surface area contributed by atoms with Gasteiger partial charge in [0.1, 0.15) is 12.0 Å². The Kier molecular flexibility index (Phi) is 3.39. The average molecular weight is 243 g/mol. The van der Waals surface area contributed by atoms with Crippen LogP contribution in [-0.2, 0) is 4.74 Å². The van der Waals surface area contributed by atoms with E-state index in [1.807, 2.05) is 0 Å². The monoisotopic (exact) mass is 243 g/mol. The van der Waals surface area contributed by atoms with E-state index in [1.54, 1.807) is 0 Å². The fourth-order valence-corrected chi connectivity index (χ4v) is 1.96. The lowest BCUT2D eigenvalue weighted by atomic mass is 10.0. The van der Waals surface area contributed by atoms with Gasteiger partial charge in [-0.15, -0.1) is 0 Å². The molecule has 1 aliphatic rings. The molecule has 0 bridgehead atoms. The highest BCUT2D eigenvalue weighted by Gasteiger charge is 2.36. The smallest absolute Gasteiger partial charge is 0.351 e. The normalized spacial score (nSPS) is 28.5. The van der Waals surface area contributed by atoms with Gasteiger partial charge >= 0.3 is 5.69 Å². The molecule has 7 heteroatoms. The number of nitrogens with zero attached hydrogens (tertiary/aromatic N) is 2. The van der Waals surface area contributed by atoms with Gasteiger partial charge in [0.25, 0.3) is 0 Å². The summed E-state index contributed by atoms with van der Waals surface area (Å²) in [5.41, 5.74) is 4.83. The van der Waals surface area contributed by atoms with Gasteiger partial charge in [0, 0.05) is 18.5 Å². The average Bonchev–Trinajstić information content (AvgIpc) is 2.72. The number of alkyl halides is 1. The van der Waals surface area contributed by atoms with Crippen molar-refractivity contribution in [1.82, 2.24) is 9.55 Å². The van der Waals surface area contributed by atoms with Gasteiger partial charge < -0.3 is 15.6 Å². The molecule has 6 nitrogen and oxygen atoms in total. The molecule has 1 saturated heterocycles. The maximum Gasteiger partial charge on any atom is 0.351 e. The molecule has 17 heavy (non-hydrogen) atoms. The molecule has 0 aliphatic carbocycles. The van der Waals surface area contributed by atoms with Gasteiger partial charge in [-0.1, -0.05) is 0 Å². The van der Waals surface area contributed by atoms with E-state index in [9.17, 15) is 9.18 Å². The zero-order chi connectivity index (χ0) is 12.4. The molecular formula is C10H14FN3O3. The number of halogens is 1. The lowest BCUT2D eigenvalue weighted by Gasteiger charge is -2.14. The van der Waals surface area contributed by atoms with E-state index in [-0.39, 0.29) is 12.4 Å². The van der Waals surface area contributed by atoms with Crippen LogP contribution in [0.15, 0.2) is 17.1 Å². The molecule has 1 aromatic rings. The first-order valence-electron chi connectivity index (χ1n) is 5.32. The third kappa shape index (κ3) is 2.29. The van der Waals surface area contributed by atoms with Crippen molar-refractivity contribution in [3.8, 4) is 0 Å². The van der Waals surface area contributed by atoms with E-state index in [0.29, 0.717) is 6.42 Å². The number of ether oxygens (including phenoxy) is 1. The number of hydrogen-bond acceptors (Lipinski definition) is 5. The molecule has 0 spiro atoms. The molecule has 0 amide bonds. The van der Waals surface area contributed by atoms with Crippen molar-refractivity contribution in [1.29, 1.82) is 0 Å².